The molecule has 6 nitrogen and oxygen atoms in total. The number of methoxy groups -OCH3 is 1. The van der Waals surface area contributed by atoms with Crippen LogP contribution in [0.3, 0.4) is 0 Å². The van der Waals surface area contributed by atoms with Crippen LogP contribution in [0.5, 0.6) is 5.75 Å². The Balaban J connectivity index is 1.66. The number of amides is 3. The van der Waals surface area contributed by atoms with Gasteiger partial charge in [-0.25, -0.2) is 4.79 Å². The van der Waals surface area contributed by atoms with E-state index in [9.17, 15) is 9.59 Å². The molecule has 2 aromatic carbocycles. The first-order chi connectivity index (χ1) is 12.1. The van der Waals surface area contributed by atoms with Crippen LogP contribution >= 0.6 is 0 Å². The summed E-state index contributed by atoms with van der Waals surface area (Å²) in [6, 6.07) is 14.6. The molecule has 0 bridgehead atoms. The molecule has 0 aliphatic rings. The van der Waals surface area contributed by atoms with Gasteiger partial charge in [0.05, 0.1) is 7.11 Å². The van der Waals surface area contributed by atoms with E-state index in [0.717, 1.165) is 23.3 Å². The van der Waals surface area contributed by atoms with Crippen molar-refractivity contribution < 1.29 is 14.3 Å². The normalized spacial score (nSPS) is 10.1. The van der Waals surface area contributed by atoms with Crippen molar-refractivity contribution in [3.05, 3.63) is 65.2 Å². The molecule has 0 radical (unpaired) electrons. The summed E-state index contributed by atoms with van der Waals surface area (Å²) in [6.07, 6.45) is 1.38. The van der Waals surface area contributed by atoms with Crippen molar-refractivity contribution >= 4 is 11.9 Å². The molecule has 0 aliphatic carbocycles. The number of carbonyl (C=O) groups is 2. The Kier molecular flexibility index (Phi) is 6.83. The lowest BCUT2D eigenvalue weighted by atomic mass is 10.1. The lowest BCUT2D eigenvalue weighted by Gasteiger charge is -2.08. The number of nitrogens with two attached hydrogens (primary N) is 1. The molecule has 25 heavy (non-hydrogen) atoms. The number of hydrogen-bond acceptors (Lipinski definition) is 3. The predicted molar refractivity (Wildman–Crippen MR) is 96.8 cm³/mol. The molecule has 2 aromatic rings. The molecule has 0 spiro atoms. The zero-order valence-electron chi connectivity index (χ0n) is 14.2. The van der Waals surface area contributed by atoms with Gasteiger partial charge in [-0.15, -0.1) is 0 Å². The van der Waals surface area contributed by atoms with Crippen molar-refractivity contribution in [2.45, 2.75) is 12.8 Å². The van der Waals surface area contributed by atoms with Crippen LogP contribution in [0.2, 0.25) is 0 Å². The number of nitrogens with one attached hydrogen (secondary N) is 2. The summed E-state index contributed by atoms with van der Waals surface area (Å²) in [5, 5.41) is 5.62. The van der Waals surface area contributed by atoms with Gasteiger partial charge in [0, 0.05) is 18.7 Å². The standard InChI is InChI=1S/C19H23N3O3/c1-25-17-7-5-14(6-8-17)9-11-21-19(24)22-12-10-15-3-2-4-16(13-15)18(20)23/h2-8,13H,9-12H2,1H3,(H2,20,23)(H2,21,22,24). The largest absolute Gasteiger partial charge is 0.497 e. The number of rotatable bonds is 8. The van der Waals surface area contributed by atoms with Crippen molar-refractivity contribution in [3.8, 4) is 5.75 Å². The molecule has 0 saturated heterocycles. The Morgan fingerprint density at radius 3 is 2.20 bits per heavy atom. The zero-order valence-corrected chi connectivity index (χ0v) is 14.2. The van der Waals surface area contributed by atoms with E-state index in [0.29, 0.717) is 25.1 Å². The van der Waals surface area contributed by atoms with Gasteiger partial charge < -0.3 is 21.1 Å². The van der Waals surface area contributed by atoms with Gasteiger partial charge in [-0.05, 0) is 48.2 Å². The van der Waals surface area contributed by atoms with E-state index in [1.807, 2.05) is 30.3 Å². The third-order valence-electron chi connectivity index (χ3n) is 3.77. The number of ether oxygens (including phenoxy) is 1. The number of benzene rings is 2. The summed E-state index contributed by atoms with van der Waals surface area (Å²) in [5.74, 6) is 0.362. The van der Waals surface area contributed by atoms with E-state index in [4.69, 9.17) is 10.5 Å². The minimum absolute atomic E-state index is 0.209. The van der Waals surface area contributed by atoms with Gasteiger partial charge in [-0.2, -0.15) is 0 Å². The van der Waals surface area contributed by atoms with Gasteiger partial charge >= 0.3 is 6.03 Å². The topological polar surface area (TPSA) is 93.4 Å². The summed E-state index contributed by atoms with van der Waals surface area (Å²) in [7, 11) is 1.63. The summed E-state index contributed by atoms with van der Waals surface area (Å²) < 4.78 is 5.11. The Bertz CT molecular complexity index is 714. The minimum atomic E-state index is -0.453. The molecular weight excluding hydrogens is 318 g/mol. The number of primary amides is 1. The van der Waals surface area contributed by atoms with Crippen LogP contribution in [0.25, 0.3) is 0 Å². The molecular formula is C19H23N3O3. The second-order valence-corrected chi connectivity index (χ2v) is 5.60. The van der Waals surface area contributed by atoms with E-state index in [-0.39, 0.29) is 6.03 Å². The average molecular weight is 341 g/mol. The van der Waals surface area contributed by atoms with E-state index in [1.54, 1.807) is 25.3 Å². The summed E-state index contributed by atoms with van der Waals surface area (Å²) in [5.41, 5.74) is 7.81. The maximum atomic E-state index is 11.8. The molecule has 4 N–H and O–H groups in total. The summed E-state index contributed by atoms with van der Waals surface area (Å²) in [4.78, 5) is 22.9. The highest BCUT2D eigenvalue weighted by molar-refractivity contribution is 5.92. The van der Waals surface area contributed by atoms with E-state index >= 15 is 0 Å². The highest BCUT2D eigenvalue weighted by atomic mass is 16.5. The quantitative estimate of drug-likeness (QED) is 0.684. The summed E-state index contributed by atoms with van der Waals surface area (Å²) in [6.45, 7) is 1.03. The third-order valence-corrected chi connectivity index (χ3v) is 3.77. The molecule has 6 heteroatoms. The first-order valence-corrected chi connectivity index (χ1v) is 8.12. The predicted octanol–water partition coefficient (Wildman–Crippen LogP) is 1.88. The Hall–Kier alpha value is -3.02. The Morgan fingerprint density at radius 2 is 1.60 bits per heavy atom. The molecule has 0 saturated carbocycles. The van der Waals surface area contributed by atoms with Gasteiger partial charge in [-0.1, -0.05) is 24.3 Å². The molecule has 0 atom stereocenters. The second-order valence-electron chi connectivity index (χ2n) is 5.60. The zero-order chi connectivity index (χ0) is 18.1. The van der Waals surface area contributed by atoms with Crippen LogP contribution in [-0.4, -0.2) is 32.1 Å². The van der Waals surface area contributed by atoms with Crippen molar-refractivity contribution in [1.29, 1.82) is 0 Å². The third kappa shape index (κ3) is 6.18. The second kappa shape index (κ2) is 9.32. The highest BCUT2D eigenvalue weighted by Gasteiger charge is 2.03. The fourth-order valence-electron chi connectivity index (χ4n) is 2.38. The highest BCUT2D eigenvalue weighted by Crippen LogP contribution is 2.11. The molecule has 3 amide bonds. The van der Waals surface area contributed by atoms with Gasteiger partial charge in [0.15, 0.2) is 0 Å². The molecule has 0 unspecified atom stereocenters. The molecule has 0 aliphatic heterocycles. The molecule has 2 rings (SSSR count). The Labute approximate surface area is 147 Å². The number of carbonyl (C=O) groups excluding carboxylic acids is 2. The number of hydrogen-bond donors (Lipinski definition) is 3. The molecule has 132 valence electrons. The van der Waals surface area contributed by atoms with Gasteiger partial charge in [-0.3, -0.25) is 4.79 Å². The van der Waals surface area contributed by atoms with Crippen molar-refractivity contribution in [3.63, 3.8) is 0 Å². The van der Waals surface area contributed by atoms with Crippen LogP contribution in [-0.2, 0) is 12.8 Å². The van der Waals surface area contributed by atoms with Crippen LogP contribution in [0.1, 0.15) is 21.5 Å². The van der Waals surface area contributed by atoms with Gasteiger partial charge in [0.2, 0.25) is 5.91 Å². The van der Waals surface area contributed by atoms with E-state index in [2.05, 4.69) is 10.6 Å². The lowest BCUT2D eigenvalue weighted by molar-refractivity contribution is 0.1000. The van der Waals surface area contributed by atoms with E-state index in [1.165, 1.54) is 0 Å². The SMILES string of the molecule is COc1ccc(CCNC(=O)NCCc2cccc(C(N)=O)c2)cc1. The van der Waals surface area contributed by atoms with Gasteiger partial charge in [0.1, 0.15) is 5.75 Å². The fourth-order valence-corrected chi connectivity index (χ4v) is 2.38. The first-order valence-electron chi connectivity index (χ1n) is 8.12. The molecule has 0 aromatic heterocycles. The maximum Gasteiger partial charge on any atom is 0.314 e. The maximum absolute atomic E-state index is 11.8. The van der Waals surface area contributed by atoms with Crippen molar-refractivity contribution in [2.24, 2.45) is 5.73 Å². The molecule has 0 heterocycles. The first kappa shape index (κ1) is 18.3. The monoisotopic (exact) mass is 341 g/mol. The number of urea groups is 1. The lowest BCUT2D eigenvalue weighted by Crippen LogP contribution is -2.37. The van der Waals surface area contributed by atoms with Crippen molar-refractivity contribution in [2.75, 3.05) is 20.2 Å². The van der Waals surface area contributed by atoms with E-state index < -0.39 is 5.91 Å². The van der Waals surface area contributed by atoms with Crippen LogP contribution in [0.15, 0.2) is 48.5 Å². The smallest absolute Gasteiger partial charge is 0.314 e. The minimum Gasteiger partial charge on any atom is -0.497 e. The Morgan fingerprint density at radius 1 is 0.960 bits per heavy atom. The van der Waals surface area contributed by atoms with Gasteiger partial charge in [0.25, 0.3) is 0 Å². The van der Waals surface area contributed by atoms with Crippen molar-refractivity contribution in [1.82, 2.24) is 10.6 Å². The van der Waals surface area contributed by atoms with Crippen LogP contribution in [0, 0.1) is 0 Å². The molecule has 0 fully saturated rings. The van der Waals surface area contributed by atoms with Crippen LogP contribution < -0.4 is 21.1 Å². The summed E-state index contributed by atoms with van der Waals surface area (Å²) >= 11 is 0. The van der Waals surface area contributed by atoms with Crippen LogP contribution in [0.4, 0.5) is 4.79 Å². The average Bonchev–Trinajstić information content (AvgIpc) is 2.62. The fraction of sp³-hybridized carbons (Fsp3) is 0.263.